The third-order valence-electron chi connectivity index (χ3n) is 5.37. The summed E-state index contributed by atoms with van der Waals surface area (Å²) in [5.74, 6) is 0.265. The Labute approximate surface area is 174 Å². The summed E-state index contributed by atoms with van der Waals surface area (Å²) in [5, 5.41) is 11.7. The minimum Gasteiger partial charge on any atom is -0.508 e. The largest absolute Gasteiger partial charge is 0.508 e. The van der Waals surface area contributed by atoms with Crippen molar-refractivity contribution in [2.45, 2.75) is 39.0 Å². The molecule has 0 amide bonds. The normalized spacial score (nSPS) is 16.7. The van der Waals surface area contributed by atoms with Gasteiger partial charge in [-0.05, 0) is 49.1 Å². The van der Waals surface area contributed by atoms with Crippen molar-refractivity contribution in [3.05, 3.63) is 74.6 Å². The van der Waals surface area contributed by atoms with Crippen molar-refractivity contribution in [3.8, 4) is 5.75 Å². The number of hydrogen-bond donors (Lipinski definition) is 1. The van der Waals surface area contributed by atoms with Crippen molar-refractivity contribution in [2.24, 2.45) is 0 Å². The van der Waals surface area contributed by atoms with Gasteiger partial charge in [-0.2, -0.15) is 0 Å². The van der Waals surface area contributed by atoms with E-state index in [9.17, 15) is 9.90 Å². The molecule has 5 nitrogen and oxygen atoms in total. The van der Waals surface area contributed by atoms with Gasteiger partial charge in [0, 0.05) is 48.3 Å². The lowest BCUT2D eigenvalue weighted by atomic mass is 10.1. The van der Waals surface area contributed by atoms with Gasteiger partial charge in [-0.25, -0.2) is 4.79 Å². The van der Waals surface area contributed by atoms with E-state index in [4.69, 9.17) is 20.8 Å². The highest BCUT2D eigenvalue weighted by atomic mass is 35.5. The second-order valence-electron chi connectivity index (χ2n) is 7.62. The average Bonchev–Trinajstić information content (AvgIpc) is 3.18. The Morgan fingerprint density at radius 1 is 1.17 bits per heavy atom. The van der Waals surface area contributed by atoms with E-state index < -0.39 is 0 Å². The van der Waals surface area contributed by atoms with Crippen molar-refractivity contribution in [1.82, 2.24) is 4.90 Å². The maximum Gasteiger partial charge on any atom is 0.336 e. The first-order chi connectivity index (χ1) is 14.0. The molecule has 1 aliphatic heterocycles. The van der Waals surface area contributed by atoms with Gasteiger partial charge >= 0.3 is 5.63 Å². The minimum absolute atomic E-state index is 0.151. The fourth-order valence-corrected chi connectivity index (χ4v) is 4.03. The molecule has 3 aromatic rings. The highest BCUT2D eigenvalue weighted by Gasteiger charge is 2.21. The Morgan fingerprint density at radius 3 is 2.72 bits per heavy atom. The smallest absolute Gasteiger partial charge is 0.336 e. The summed E-state index contributed by atoms with van der Waals surface area (Å²) < 4.78 is 11.2. The summed E-state index contributed by atoms with van der Waals surface area (Å²) in [6.07, 6.45) is 2.22. The number of aryl methyl sites for hydroxylation is 1. The van der Waals surface area contributed by atoms with Gasteiger partial charge in [0.25, 0.3) is 0 Å². The second-order valence-corrected chi connectivity index (χ2v) is 8.03. The Morgan fingerprint density at radius 2 is 1.97 bits per heavy atom. The van der Waals surface area contributed by atoms with E-state index in [1.807, 2.05) is 31.2 Å². The number of halogens is 1. The lowest BCUT2D eigenvalue weighted by Crippen LogP contribution is -2.31. The van der Waals surface area contributed by atoms with Gasteiger partial charge in [0.05, 0.1) is 6.10 Å². The zero-order chi connectivity index (χ0) is 20.4. The summed E-state index contributed by atoms with van der Waals surface area (Å²) >= 11 is 6.34. The predicted molar refractivity (Wildman–Crippen MR) is 113 cm³/mol. The van der Waals surface area contributed by atoms with E-state index in [1.165, 1.54) is 6.07 Å². The van der Waals surface area contributed by atoms with Gasteiger partial charge in [-0.3, -0.25) is 4.90 Å². The molecule has 6 heteroatoms. The number of hydrogen-bond acceptors (Lipinski definition) is 5. The number of nitrogens with zero attached hydrogens (tertiary/aromatic N) is 1. The number of phenolic OH excluding ortho intramolecular Hbond substituents is 1. The van der Waals surface area contributed by atoms with E-state index in [-0.39, 0.29) is 17.5 Å². The van der Waals surface area contributed by atoms with Gasteiger partial charge in [0.2, 0.25) is 0 Å². The molecule has 1 saturated heterocycles. The highest BCUT2D eigenvalue weighted by Crippen LogP contribution is 2.27. The van der Waals surface area contributed by atoms with Crippen LogP contribution in [0.1, 0.15) is 29.5 Å². The maximum absolute atomic E-state index is 12.2. The van der Waals surface area contributed by atoms with Crippen LogP contribution in [0.3, 0.4) is 0 Å². The van der Waals surface area contributed by atoms with Crippen LogP contribution in [-0.4, -0.2) is 29.3 Å². The quantitative estimate of drug-likeness (QED) is 0.596. The Kier molecular flexibility index (Phi) is 5.90. The van der Waals surface area contributed by atoms with Gasteiger partial charge in [0.1, 0.15) is 11.3 Å². The Hall–Kier alpha value is -2.34. The highest BCUT2D eigenvalue weighted by molar-refractivity contribution is 6.32. The van der Waals surface area contributed by atoms with Crippen LogP contribution in [-0.2, 0) is 17.8 Å². The van der Waals surface area contributed by atoms with Gasteiger partial charge in [-0.15, -0.1) is 0 Å². The van der Waals surface area contributed by atoms with Crippen LogP contribution in [0.25, 0.3) is 11.0 Å². The SMILES string of the molecule is Cc1cc2oc(=O)cc(CN(Cc3ccccc3O)CC3CCCO3)c2cc1Cl. The molecular weight excluding hydrogens is 390 g/mol. The summed E-state index contributed by atoms with van der Waals surface area (Å²) in [6, 6.07) is 12.5. The molecule has 29 heavy (non-hydrogen) atoms. The molecule has 1 N–H and O–H groups in total. The molecule has 2 aromatic carbocycles. The number of phenols is 1. The molecular formula is C23H24ClNO4. The number of aromatic hydroxyl groups is 1. The first-order valence-electron chi connectivity index (χ1n) is 9.83. The van der Waals surface area contributed by atoms with Gasteiger partial charge in [-0.1, -0.05) is 29.8 Å². The number of rotatable bonds is 6. The van der Waals surface area contributed by atoms with E-state index >= 15 is 0 Å². The minimum atomic E-state index is -0.381. The van der Waals surface area contributed by atoms with Crippen LogP contribution in [0.15, 0.2) is 51.7 Å². The second kappa shape index (κ2) is 8.57. The first-order valence-corrected chi connectivity index (χ1v) is 10.2. The molecule has 1 unspecified atom stereocenters. The summed E-state index contributed by atoms with van der Waals surface area (Å²) in [7, 11) is 0. The van der Waals surface area contributed by atoms with Crippen molar-refractivity contribution in [1.29, 1.82) is 0 Å². The van der Waals surface area contributed by atoms with E-state index in [1.54, 1.807) is 12.1 Å². The zero-order valence-electron chi connectivity index (χ0n) is 16.4. The average molecular weight is 414 g/mol. The molecule has 1 aromatic heterocycles. The fourth-order valence-electron chi connectivity index (χ4n) is 3.87. The van der Waals surface area contributed by atoms with Crippen molar-refractivity contribution in [3.63, 3.8) is 0 Å². The van der Waals surface area contributed by atoms with Crippen molar-refractivity contribution >= 4 is 22.6 Å². The maximum atomic E-state index is 12.2. The predicted octanol–water partition coefficient (Wildman–Crippen LogP) is 4.64. The molecule has 0 bridgehead atoms. The standard InChI is InChI=1S/C23H24ClNO4/c1-15-9-22-19(11-20(15)24)17(10-23(27)29-22)13-25(14-18-6-4-8-28-18)12-16-5-2-3-7-21(16)26/h2-3,5,7,9-11,18,26H,4,6,8,12-14H2,1H3. The van der Waals surface area contributed by atoms with Crippen LogP contribution in [0.4, 0.5) is 0 Å². The fraction of sp³-hybridized carbons (Fsp3) is 0.348. The molecule has 2 heterocycles. The third kappa shape index (κ3) is 4.64. The summed E-state index contributed by atoms with van der Waals surface area (Å²) in [4.78, 5) is 14.4. The molecule has 4 rings (SSSR count). The molecule has 1 fully saturated rings. The van der Waals surface area contributed by atoms with E-state index in [0.717, 1.165) is 48.1 Å². The summed E-state index contributed by atoms with van der Waals surface area (Å²) in [6.45, 7) is 4.46. The number of benzene rings is 2. The van der Waals surface area contributed by atoms with Crippen molar-refractivity contribution in [2.75, 3.05) is 13.2 Å². The van der Waals surface area contributed by atoms with Gasteiger partial charge in [0.15, 0.2) is 0 Å². The van der Waals surface area contributed by atoms with Gasteiger partial charge < -0.3 is 14.3 Å². The molecule has 0 radical (unpaired) electrons. The zero-order valence-corrected chi connectivity index (χ0v) is 17.1. The summed E-state index contributed by atoms with van der Waals surface area (Å²) in [5.41, 5.74) is 2.71. The molecule has 152 valence electrons. The molecule has 0 aliphatic carbocycles. The van der Waals surface area contributed by atoms with Crippen LogP contribution >= 0.6 is 11.6 Å². The molecule has 1 atom stereocenters. The van der Waals surface area contributed by atoms with Crippen LogP contribution in [0.5, 0.6) is 5.75 Å². The monoisotopic (exact) mass is 413 g/mol. The number of fused-ring (bicyclic) bond motifs is 1. The lowest BCUT2D eigenvalue weighted by molar-refractivity contribution is 0.0677. The van der Waals surface area contributed by atoms with E-state index in [0.29, 0.717) is 23.7 Å². The van der Waals surface area contributed by atoms with Crippen LogP contribution < -0.4 is 5.63 Å². The number of para-hydroxylation sites is 1. The first kappa shape index (κ1) is 20.0. The Balaban J connectivity index is 1.68. The van der Waals surface area contributed by atoms with E-state index in [2.05, 4.69) is 4.90 Å². The lowest BCUT2D eigenvalue weighted by Gasteiger charge is -2.26. The molecule has 0 spiro atoms. The van der Waals surface area contributed by atoms with Crippen molar-refractivity contribution < 1.29 is 14.3 Å². The molecule has 1 aliphatic rings. The van der Waals surface area contributed by atoms with Crippen LogP contribution in [0, 0.1) is 6.92 Å². The topological polar surface area (TPSA) is 62.9 Å². The number of ether oxygens (including phenoxy) is 1. The van der Waals surface area contributed by atoms with Crippen LogP contribution in [0.2, 0.25) is 5.02 Å². The Bertz CT molecular complexity index is 1070. The molecule has 0 saturated carbocycles. The third-order valence-corrected chi connectivity index (χ3v) is 5.78.